The molecular weight excluding hydrogens is 404 g/mol. The van der Waals surface area contributed by atoms with E-state index in [2.05, 4.69) is 10.3 Å². The first kappa shape index (κ1) is 19.9. The number of carbonyl (C=O) groups excluding carboxylic acids is 1. The number of rotatable bonds is 6. The van der Waals surface area contributed by atoms with Crippen LogP contribution in [0, 0.1) is 6.92 Å². The zero-order chi connectivity index (χ0) is 21.1. The molecule has 1 aliphatic rings. The highest BCUT2D eigenvalue weighted by Gasteiger charge is 2.30. The summed E-state index contributed by atoms with van der Waals surface area (Å²) in [5.41, 5.74) is 1.82. The summed E-state index contributed by atoms with van der Waals surface area (Å²) in [5.74, 6) is 0.654. The van der Waals surface area contributed by atoms with Crippen molar-refractivity contribution in [2.24, 2.45) is 0 Å². The van der Waals surface area contributed by atoms with Crippen molar-refractivity contribution >= 4 is 15.7 Å². The van der Waals surface area contributed by atoms with Crippen molar-refractivity contribution < 1.29 is 22.7 Å². The van der Waals surface area contributed by atoms with Gasteiger partial charge in [-0.25, -0.2) is 8.42 Å². The minimum Gasteiger partial charge on any atom is -0.454 e. The van der Waals surface area contributed by atoms with E-state index < -0.39 is 21.0 Å². The first-order valence-electron chi connectivity index (χ1n) is 9.33. The van der Waals surface area contributed by atoms with Crippen LogP contribution in [0.3, 0.4) is 0 Å². The van der Waals surface area contributed by atoms with Gasteiger partial charge in [0.15, 0.2) is 21.3 Å². The summed E-state index contributed by atoms with van der Waals surface area (Å²) in [6.07, 6.45) is 3.08. The molecule has 2 aromatic carbocycles. The lowest BCUT2D eigenvalue weighted by Gasteiger charge is -2.19. The summed E-state index contributed by atoms with van der Waals surface area (Å²) < 4.78 is 37.2. The van der Waals surface area contributed by atoms with Gasteiger partial charge < -0.3 is 14.8 Å². The van der Waals surface area contributed by atoms with Crippen LogP contribution in [0.15, 0.2) is 71.9 Å². The molecule has 1 amide bonds. The van der Waals surface area contributed by atoms with E-state index in [1.165, 1.54) is 6.20 Å². The number of aryl methyl sites for hydroxylation is 1. The van der Waals surface area contributed by atoms with Crippen molar-refractivity contribution in [2.45, 2.75) is 17.1 Å². The highest BCUT2D eigenvalue weighted by Crippen LogP contribution is 2.33. The van der Waals surface area contributed by atoms with Crippen molar-refractivity contribution in [2.75, 3.05) is 13.3 Å². The van der Waals surface area contributed by atoms with Gasteiger partial charge >= 0.3 is 0 Å². The number of amides is 1. The Labute approximate surface area is 174 Å². The quantitative estimate of drug-likeness (QED) is 0.654. The molecule has 3 aromatic rings. The van der Waals surface area contributed by atoms with Gasteiger partial charge in [0.2, 0.25) is 6.79 Å². The van der Waals surface area contributed by atoms with Crippen LogP contribution < -0.4 is 14.8 Å². The van der Waals surface area contributed by atoms with E-state index >= 15 is 0 Å². The van der Waals surface area contributed by atoms with Gasteiger partial charge in [-0.2, -0.15) is 0 Å². The lowest BCUT2D eigenvalue weighted by molar-refractivity contribution is 0.0953. The van der Waals surface area contributed by atoms with E-state index in [-0.39, 0.29) is 18.2 Å². The van der Waals surface area contributed by atoms with Crippen molar-refractivity contribution in [1.29, 1.82) is 0 Å². The minimum absolute atomic E-state index is 0.102. The van der Waals surface area contributed by atoms with Crippen LogP contribution in [0.25, 0.3) is 0 Å². The summed E-state index contributed by atoms with van der Waals surface area (Å²) in [5, 5.41) is 1.75. The molecule has 8 heteroatoms. The second-order valence-electron chi connectivity index (χ2n) is 6.91. The van der Waals surface area contributed by atoms with Gasteiger partial charge in [-0.05, 0) is 48.9 Å². The number of nitrogens with one attached hydrogen (secondary N) is 1. The number of nitrogens with zero attached hydrogens (tertiary/aromatic N) is 1. The largest absolute Gasteiger partial charge is 0.454 e. The molecular formula is C22H20N2O5S. The Balaban J connectivity index is 1.59. The fraction of sp³-hybridized carbons (Fsp3) is 0.182. The molecule has 2 heterocycles. The van der Waals surface area contributed by atoms with E-state index in [1.54, 1.807) is 60.8 Å². The molecule has 7 nitrogen and oxygen atoms in total. The van der Waals surface area contributed by atoms with E-state index in [9.17, 15) is 13.2 Å². The van der Waals surface area contributed by atoms with Gasteiger partial charge in [0.1, 0.15) is 5.25 Å². The second kappa shape index (κ2) is 8.16. The molecule has 0 bridgehead atoms. The summed E-state index contributed by atoms with van der Waals surface area (Å²) in [4.78, 5) is 16.9. The molecule has 1 atom stereocenters. The number of fused-ring (bicyclic) bond motifs is 1. The van der Waals surface area contributed by atoms with Gasteiger partial charge in [0.25, 0.3) is 5.91 Å². The molecule has 30 heavy (non-hydrogen) atoms. The zero-order valence-corrected chi connectivity index (χ0v) is 17.1. The van der Waals surface area contributed by atoms with E-state index in [4.69, 9.17) is 9.47 Å². The second-order valence-corrected chi connectivity index (χ2v) is 9.04. The van der Waals surface area contributed by atoms with Crippen molar-refractivity contribution in [3.05, 3.63) is 83.7 Å². The fourth-order valence-corrected chi connectivity index (χ4v) is 4.84. The number of aromatic nitrogens is 1. The smallest absolute Gasteiger partial charge is 0.251 e. The number of pyridine rings is 1. The molecule has 0 aliphatic carbocycles. The van der Waals surface area contributed by atoms with E-state index in [1.807, 2.05) is 6.92 Å². The van der Waals surface area contributed by atoms with Gasteiger partial charge in [0, 0.05) is 24.5 Å². The van der Waals surface area contributed by atoms with Crippen molar-refractivity contribution in [3.8, 4) is 11.5 Å². The van der Waals surface area contributed by atoms with Crippen LogP contribution in [0.4, 0.5) is 0 Å². The third kappa shape index (κ3) is 3.99. The number of hydrogen-bond donors (Lipinski definition) is 1. The van der Waals surface area contributed by atoms with Gasteiger partial charge in [0.05, 0.1) is 4.90 Å². The summed E-state index contributed by atoms with van der Waals surface area (Å²) in [7, 11) is -3.76. The van der Waals surface area contributed by atoms with Crippen LogP contribution in [-0.2, 0) is 9.84 Å². The van der Waals surface area contributed by atoms with Crippen LogP contribution in [0.2, 0.25) is 0 Å². The Hall–Kier alpha value is -3.39. The number of sulfone groups is 1. The Morgan fingerprint density at radius 2 is 1.87 bits per heavy atom. The lowest BCUT2D eigenvalue weighted by Crippen LogP contribution is -2.32. The predicted molar refractivity (Wildman–Crippen MR) is 110 cm³/mol. The molecule has 0 unspecified atom stereocenters. The molecule has 0 radical (unpaired) electrons. The average molecular weight is 424 g/mol. The SMILES string of the molecule is Cc1ccc(S(=O)(=O)[C@H](CNC(=O)c2ccc3c(c2)OCO3)c2cccnc2)cc1. The molecule has 0 spiro atoms. The average Bonchev–Trinajstić information content (AvgIpc) is 3.22. The maximum Gasteiger partial charge on any atom is 0.251 e. The molecule has 154 valence electrons. The summed E-state index contributed by atoms with van der Waals surface area (Å²) in [6, 6.07) is 14.8. The first-order chi connectivity index (χ1) is 14.4. The van der Waals surface area contributed by atoms with Crippen LogP contribution in [0.5, 0.6) is 11.5 Å². The summed E-state index contributed by atoms with van der Waals surface area (Å²) >= 11 is 0. The van der Waals surface area contributed by atoms with Crippen LogP contribution in [-0.4, -0.2) is 32.6 Å². The molecule has 1 aromatic heterocycles. The topological polar surface area (TPSA) is 94.6 Å². The Morgan fingerprint density at radius 3 is 2.60 bits per heavy atom. The minimum atomic E-state index is -3.76. The normalized spacial score (nSPS) is 13.6. The molecule has 0 saturated carbocycles. The standard InChI is InChI=1S/C22H20N2O5S/c1-15-4-7-18(8-5-15)30(26,27)21(17-3-2-10-23-12-17)13-24-22(25)16-6-9-19-20(11-16)29-14-28-19/h2-12,21H,13-14H2,1H3,(H,24,25)/t21-/m1/s1. The maximum atomic E-state index is 13.3. The lowest BCUT2D eigenvalue weighted by atomic mass is 10.1. The molecule has 0 fully saturated rings. The predicted octanol–water partition coefficient (Wildman–Crippen LogP) is 3.06. The van der Waals surface area contributed by atoms with Crippen LogP contribution in [0.1, 0.15) is 26.7 Å². The van der Waals surface area contributed by atoms with E-state index in [0.29, 0.717) is 22.6 Å². The third-order valence-corrected chi connectivity index (χ3v) is 6.98. The highest BCUT2D eigenvalue weighted by molar-refractivity contribution is 7.91. The number of benzene rings is 2. The van der Waals surface area contributed by atoms with Gasteiger partial charge in [-0.15, -0.1) is 0 Å². The third-order valence-electron chi connectivity index (χ3n) is 4.86. The monoisotopic (exact) mass is 424 g/mol. The number of hydrogen-bond acceptors (Lipinski definition) is 6. The van der Waals surface area contributed by atoms with Crippen LogP contribution >= 0.6 is 0 Å². The van der Waals surface area contributed by atoms with Crippen molar-refractivity contribution in [3.63, 3.8) is 0 Å². The Morgan fingerprint density at radius 1 is 1.10 bits per heavy atom. The maximum absolute atomic E-state index is 13.3. The van der Waals surface area contributed by atoms with Gasteiger partial charge in [-0.1, -0.05) is 23.8 Å². The summed E-state index contributed by atoms with van der Waals surface area (Å²) in [6.45, 7) is 1.90. The number of carbonyl (C=O) groups is 1. The Kier molecular flexibility index (Phi) is 5.41. The fourth-order valence-electron chi connectivity index (χ4n) is 3.19. The zero-order valence-electron chi connectivity index (χ0n) is 16.2. The molecule has 4 rings (SSSR count). The first-order valence-corrected chi connectivity index (χ1v) is 10.9. The molecule has 0 saturated heterocycles. The number of ether oxygens (including phenoxy) is 2. The molecule has 1 N–H and O–H groups in total. The molecule has 1 aliphatic heterocycles. The highest BCUT2D eigenvalue weighted by atomic mass is 32.2. The van der Waals surface area contributed by atoms with Gasteiger partial charge in [-0.3, -0.25) is 9.78 Å². The van der Waals surface area contributed by atoms with Crippen molar-refractivity contribution in [1.82, 2.24) is 10.3 Å². The van der Waals surface area contributed by atoms with E-state index in [0.717, 1.165) is 5.56 Å². The Bertz CT molecular complexity index is 1160.